The van der Waals surface area contributed by atoms with Crippen LogP contribution in [0.3, 0.4) is 0 Å². The molecule has 102 valence electrons. The number of nitrogens with two attached hydrogens (primary N) is 1. The van der Waals surface area contributed by atoms with Gasteiger partial charge in [0.25, 0.3) is 5.95 Å². The molecule has 0 bridgehead atoms. The van der Waals surface area contributed by atoms with Gasteiger partial charge in [-0.15, -0.1) is 0 Å². The lowest BCUT2D eigenvalue weighted by Crippen LogP contribution is -2.10. The SMILES string of the molecule is CCCn1nccc1-c1nc(N)nc(-n2cccn2)n1. The summed E-state index contributed by atoms with van der Waals surface area (Å²) in [5, 5.41) is 8.35. The summed E-state index contributed by atoms with van der Waals surface area (Å²) in [5.41, 5.74) is 6.58. The van der Waals surface area contributed by atoms with Crippen LogP contribution in [0.4, 0.5) is 5.95 Å². The van der Waals surface area contributed by atoms with Gasteiger partial charge in [-0.25, -0.2) is 4.68 Å². The van der Waals surface area contributed by atoms with E-state index in [2.05, 4.69) is 32.1 Å². The van der Waals surface area contributed by atoms with Crippen LogP contribution in [-0.4, -0.2) is 34.5 Å². The van der Waals surface area contributed by atoms with E-state index in [-0.39, 0.29) is 5.95 Å². The second kappa shape index (κ2) is 5.08. The van der Waals surface area contributed by atoms with Crippen molar-refractivity contribution in [2.45, 2.75) is 19.9 Å². The Morgan fingerprint density at radius 3 is 2.80 bits per heavy atom. The maximum absolute atomic E-state index is 5.76. The second-order valence-electron chi connectivity index (χ2n) is 4.21. The van der Waals surface area contributed by atoms with Crippen molar-refractivity contribution in [3.63, 3.8) is 0 Å². The van der Waals surface area contributed by atoms with Gasteiger partial charge in [-0.3, -0.25) is 4.68 Å². The van der Waals surface area contributed by atoms with Crippen molar-refractivity contribution in [1.29, 1.82) is 0 Å². The fourth-order valence-electron chi connectivity index (χ4n) is 1.90. The summed E-state index contributed by atoms with van der Waals surface area (Å²) in [5.74, 6) is 1.04. The van der Waals surface area contributed by atoms with E-state index in [1.807, 2.05) is 10.7 Å². The normalized spacial score (nSPS) is 10.8. The number of rotatable bonds is 4. The van der Waals surface area contributed by atoms with Crippen molar-refractivity contribution < 1.29 is 0 Å². The zero-order valence-electron chi connectivity index (χ0n) is 11.0. The number of aromatic nitrogens is 7. The van der Waals surface area contributed by atoms with E-state index in [0.717, 1.165) is 18.7 Å². The van der Waals surface area contributed by atoms with Crippen LogP contribution >= 0.6 is 0 Å². The Labute approximate surface area is 115 Å². The van der Waals surface area contributed by atoms with Gasteiger partial charge in [0.2, 0.25) is 5.95 Å². The Hall–Kier alpha value is -2.77. The second-order valence-corrected chi connectivity index (χ2v) is 4.21. The third kappa shape index (κ3) is 2.22. The predicted molar refractivity (Wildman–Crippen MR) is 72.9 cm³/mol. The largest absolute Gasteiger partial charge is 0.368 e. The highest BCUT2D eigenvalue weighted by atomic mass is 15.4. The summed E-state index contributed by atoms with van der Waals surface area (Å²) < 4.78 is 3.39. The van der Waals surface area contributed by atoms with Gasteiger partial charge in [-0.1, -0.05) is 6.92 Å². The summed E-state index contributed by atoms with van der Waals surface area (Å²) in [7, 11) is 0. The molecular weight excluding hydrogens is 256 g/mol. The van der Waals surface area contributed by atoms with E-state index in [1.165, 1.54) is 0 Å². The average Bonchev–Trinajstić information content (AvgIpc) is 3.09. The molecule has 0 fully saturated rings. The molecule has 8 nitrogen and oxygen atoms in total. The number of nitrogens with zero attached hydrogens (tertiary/aromatic N) is 7. The molecule has 0 radical (unpaired) electrons. The first-order valence-corrected chi connectivity index (χ1v) is 6.31. The maximum atomic E-state index is 5.76. The van der Waals surface area contributed by atoms with Crippen molar-refractivity contribution in [2.24, 2.45) is 0 Å². The molecule has 0 atom stereocenters. The Morgan fingerprint density at radius 1 is 1.15 bits per heavy atom. The number of hydrogen-bond acceptors (Lipinski definition) is 6. The molecule has 0 saturated carbocycles. The molecular formula is C12H14N8. The smallest absolute Gasteiger partial charge is 0.255 e. The summed E-state index contributed by atoms with van der Waals surface area (Å²) in [6.45, 7) is 2.88. The third-order valence-electron chi connectivity index (χ3n) is 2.73. The molecule has 20 heavy (non-hydrogen) atoms. The van der Waals surface area contributed by atoms with E-state index in [0.29, 0.717) is 11.8 Å². The third-order valence-corrected chi connectivity index (χ3v) is 2.73. The maximum Gasteiger partial charge on any atom is 0.255 e. The molecule has 0 spiro atoms. The molecule has 0 unspecified atom stereocenters. The number of nitrogen functional groups attached to an aromatic ring is 1. The van der Waals surface area contributed by atoms with Crippen LogP contribution in [0.15, 0.2) is 30.7 Å². The minimum atomic E-state index is 0.157. The van der Waals surface area contributed by atoms with Crippen LogP contribution in [-0.2, 0) is 6.54 Å². The van der Waals surface area contributed by atoms with Crippen molar-refractivity contribution in [2.75, 3.05) is 5.73 Å². The molecule has 2 N–H and O–H groups in total. The topological polar surface area (TPSA) is 100 Å². The summed E-state index contributed by atoms with van der Waals surface area (Å²) in [6.07, 6.45) is 6.10. The van der Waals surface area contributed by atoms with E-state index in [9.17, 15) is 0 Å². The summed E-state index contributed by atoms with van der Waals surface area (Å²) in [6, 6.07) is 3.65. The molecule has 3 aromatic heterocycles. The van der Waals surface area contributed by atoms with Crippen molar-refractivity contribution in [3.8, 4) is 17.5 Å². The van der Waals surface area contributed by atoms with Gasteiger partial charge in [-0.05, 0) is 18.6 Å². The van der Waals surface area contributed by atoms with E-state index in [1.54, 1.807) is 29.3 Å². The molecule has 0 aliphatic heterocycles. The van der Waals surface area contributed by atoms with Gasteiger partial charge < -0.3 is 5.73 Å². The number of aryl methyl sites for hydroxylation is 1. The number of hydrogen-bond donors (Lipinski definition) is 1. The fourth-order valence-corrected chi connectivity index (χ4v) is 1.90. The molecule has 8 heteroatoms. The standard InChI is InChI=1S/C12H14N8/c1-2-7-19-9(4-6-15-19)10-16-11(13)18-12(17-10)20-8-3-5-14-20/h3-6,8H,2,7H2,1H3,(H2,13,16,17,18). The summed E-state index contributed by atoms with van der Waals surface area (Å²) in [4.78, 5) is 12.7. The Kier molecular flexibility index (Phi) is 3.12. The lowest BCUT2D eigenvalue weighted by Gasteiger charge is -2.07. The molecule has 3 heterocycles. The first kappa shape index (κ1) is 12.3. The molecule has 0 amide bonds. The van der Waals surface area contributed by atoms with E-state index >= 15 is 0 Å². The Morgan fingerprint density at radius 2 is 2.05 bits per heavy atom. The van der Waals surface area contributed by atoms with Crippen molar-refractivity contribution in [3.05, 3.63) is 30.7 Å². The van der Waals surface area contributed by atoms with Crippen LogP contribution in [0.1, 0.15) is 13.3 Å². The van der Waals surface area contributed by atoms with Gasteiger partial charge in [0.05, 0.1) is 0 Å². The van der Waals surface area contributed by atoms with Gasteiger partial charge in [0, 0.05) is 25.1 Å². The first-order valence-electron chi connectivity index (χ1n) is 6.31. The molecule has 0 aliphatic rings. The van der Waals surface area contributed by atoms with E-state index in [4.69, 9.17) is 5.73 Å². The predicted octanol–water partition coefficient (Wildman–Crippen LogP) is 0.913. The highest BCUT2D eigenvalue weighted by molar-refractivity contribution is 5.51. The zero-order valence-corrected chi connectivity index (χ0v) is 11.0. The van der Waals surface area contributed by atoms with Crippen molar-refractivity contribution >= 4 is 5.95 Å². The zero-order chi connectivity index (χ0) is 13.9. The Bertz CT molecular complexity index is 700. The van der Waals surface area contributed by atoms with Crippen LogP contribution in [0.5, 0.6) is 0 Å². The number of anilines is 1. The molecule has 0 saturated heterocycles. The molecule has 3 rings (SSSR count). The highest BCUT2D eigenvalue weighted by Crippen LogP contribution is 2.16. The minimum absolute atomic E-state index is 0.157. The molecule has 3 aromatic rings. The Balaban J connectivity index is 2.08. The monoisotopic (exact) mass is 270 g/mol. The minimum Gasteiger partial charge on any atom is -0.368 e. The fraction of sp³-hybridized carbons (Fsp3) is 0.250. The quantitative estimate of drug-likeness (QED) is 0.756. The van der Waals surface area contributed by atoms with Crippen LogP contribution < -0.4 is 5.73 Å². The van der Waals surface area contributed by atoms with Gasteiger partial charge in [0.1, 0.15) is 5.69 Å². The average molecular weight is 270 g/mol. The molecule has 0 aromatic carbocycles. The lowest BCUT2D eigenvalue weighted by molar-refractivity contribution is 0.606. The van der Waals surface area contributed by atoms with Gasteiger partial charge in [0.15, 0.2) is 5.82 Å². The van der Waals surface area contributed by atoms with Gasteiger partial charge in [-0.2, -0.15) is 25.1 Å². The lowest BCUT2D eigenvalue weighted by atomic mass is 10.4. The molecule has 0 aliphatic carbocycles. The summed E-state index contributed by atoms with van der Waals surface area (Å²) >= 11 is 0. The van der Waals surface area contributed by atoms with Crippen molar-refractivity contribution in [1.82, 2.24) is 34.5 Å². The van der Waals surface area contributed by atoms with E-state index < -0.39 is 0 Å². The van der Waals surface area contributed by atoms with Crippen LogP contribution in [0.25, 0.3) is 17.5 Å². The highest BCUT2D eigenvalue weighted by Gasteiger charge is 2.12. The first-order chi connectivity index (χ1) is 9.78. The van der Waals surface area contributed by atoms with Crippen LogP contribution in [0, 0.1) is 0 Å². The van der Waals surface area contributed by atoms with Crippen LogP contribution in [0.2, 0.25) is 0 Å². The van der Waals surface area contributed by atoms with Gasteiger partial charge >= 0.3 is 0 Å².